The third-order valence-electron chi connectivity index (χ3n) is 1.79. The van der Waals surface area contributed by atoms with Crippen LogP contribution in [0, 0.1) is 0 Å². The molecule has 0 unspecified atom stereocenters. The van der Waals surface area contributed by atoms with Crippen molar-refractivity contribution in [2.24, 2.45) is 0 Å². The molecule has 0 aromatic heterocycles. The van der Waals surface area contributed by atoms with Gasteiger partial charge in [0.2, 0.25) is 0 Å². The van der Waals surface area contributed by atoms with Crippen LogP contribution < -0.4 is 0 Å². The summed E-state index contributed by atoms with van der Waals surface area (Å²) in [4.78, 5) is 23.4. The van der Waals surface area contributed by atoms with Crippen molar-refractivity contribution in [3.8, 4) is 0 Å². The summed E-state index contributed by atoms with van der Waals surface area (Å²) in [6.45, 7) is 5.34. The number of hydrogen-bond acceptors (Lipinski definition) is 5. The van der Waals surface area contributed by atoms with Crippen molar-refractivity contribution in [2.75, 3.05) is 26.2 Å². The average molecular weight is 201 g/mol. The largest absolute Gasteiger partial charge is 0.391 e. The van der Waals surface area contributed by atoms with Crippen LogP contribution in [0.5, 0.6) is 0 Å². The van der Waals surface area contributed by atoms with E-state index in [-0.39, 0.29) is 19.2 Å². The smallest absolute Gasteiger partial charge is 0.327 e. The summed E-state index contributed by atoms with van der Waals surface area (Å²) >= 11 is 0. The molecule has 0 amide bonds. The summed E-state index contributed by atoms with van der Waals surface area (Å²) in [6, 6.07) is 0. The molecule has 0 atom stereocenters. The van der Waals surface area contributed by atoms with Crippen molar-refractivity contribution in [2.45, 2.75) is 20.0 Å². The molecule has 5 nitrogen and oxygen atoms in total. The van der Waals surface area contributed by atoms with E-state index in [9.17, 15) is 9.59 Å². The summed E-state index contributed by atoms with van der Waals surface area (Å²) in [5.41, 5.74) is 0. The highest BCUT2D eigenvalue weighted by Gasteiger charge is 2.24. The molecular formula is C9H15NO4. The monoisotopic (exact) mass is 201 g/mol. The van der Waals surface area contributed by atoms with Gasteiger partial charge in [0.05, 0.1) is 25.8 Å². The van der Waals surface area contributed by atoms with E-state index >= 15 is 0 Å². The van der Waals surface area contributed by atoms with Crippen LogP contribution in [0.4, 0.5) is 0 Å². The predicted molar refractivity (Wildman–Crippen MR) is 48.6 cm³/mol. The zero-order chi connectivity index (χ0) is 10.6. The Labute approximate surface area is 83.0 Å². The van der Waals surface area contributed by atoms with Gasteiger partial charge in [-0.2, -0.15) is 0 Å². The van der Waals surface area contributed by atoms with E-state index < -0.39 is 11.9 Å². The van der Waals surface area contributed by atoms with Crippen LogP contribution >= 0.6 is 0 Å². The molecule has 0 saturated carbocycles. The fourth-order valence-electron chi connectivity index (χ4n) is 1.19. The van der Waals surface area contributed by atoms with Gasteiger partial charge < -0.3 is 9.47 Å². The molecule has 5 heteroatoms. The van der Waals surface area contributed by atoms with Gasteiger partial charge in [0.25, 0.3) is 0 Å². The summed E-state index contributed by atoms with van der Waals surface area (Å²) < 4.78 is 9.69. The summed E-state index contributed by atoms with van der Waals surface area (Å²) in [5, 5.41) is 0. The fraction of sp³-hybridized carbons (Fsp3) is 0.778. The van der Waals surface area contributed by atoms with E-state index in [1.165, 1.54) is 0 Å². The van der Waals surface area contributed by atoms with E-state index in [2.05, 4.69) is 4.74 Å². The number of nitrogens with zero attached hydrogens (tertiary/aromatic N) is 1. The summed E-state index contributed by atoms with van der Waals surface area (Å²) in [6.07, 6.45) is 0.169. The molecule has 14 heavy (non-hydrogen) atoms. The van der Waals surface area contributed by atoms with Gasteiger partial charge in [-0.05, 0) is 13.8 Å². The predicted octanol–water partition coefficient (Wildman–Crippen LogP) is -0.203. The van der Waals surface area contributed by atoms with Gasteiger partial charge in [-0.15, -0.1) is 0 Å². The number of carbonyl (C=O) groups is 2. The van der Waals surface area contributed by atoms with E-state index in [1.54, 1.807) is 4.90 Å². The molecule has 0 N–H and O–H groups in total. The first kappa shape index (κ1) is 11.1. The summed E-state index contributed by atoms with van der Waals surface area (Å²) in [5.74, 6) is -0.961. The maximum Gasteiger partial charge on any atom is 0.327 e. The molecule has 1 saturated heterocycles. The van der Waals surface area contributed by atoms with Crippen LogP contribution in [0.2, 0.25) is 0 Å². The SMILES string of the molecule is CC(C)OCCN1CC(=O)OC(=O)C1. The van der Waals surface area contributed by atoms with Gasteiger partial charge >= 0.3 is 11.9 Å². The van der Waals surface area contributed by atoms with Crippen LogP contribution in [0.3, 0.4) is 0 Å². The number of ether oxygens (including phenoxy) is 2. The third-order valence-corrected chi connectivity index (χ3v) is 1.79. The minimum Gasteiger partial charge on any atom is -0.391 e. The van der Waals surface area contributed by atoms with Gasteiger partial charge in [0.1, 0.15) is 0 Å². The second-order valence-corrected chi connectivity index (χ2v) is 3.48. The van der Waals surface area contributed by atoms with Crippen LogP contribution in [0.1, 0.15) is 13.8 Å². The molecule has 1 fully saturated rings. The van der Waals surface area contributed by atoms with Crippen molar-refractivity contribution in [3.63, 3.8) is 0 Å². The first-order valence-corrected chi connectivity index (χ1v) is 4.65. The highest BCUT2D eigenvalue weighted by molar-refractivity contribution is 5.90. The molecule has 0 aliphatic carbocycles. The minimum atomic E-state index is -0.481. The zero-order valence-electron chi connectivity index (χ0n) is 8.49. The maximum atomic E-state index is 10.9. The Morgan fingerprint density at radius 2 is 1.93 bits per heavy atom. The Hall–Kier alpha value is -0.940. The molecule has 1 rings (SSSR count). The van der Waals surface area contributed by atoms with Gasteiger partial charge in [-0.3, -0.25) is 14.5 Å². The lowest BCUT2D eigenvalue weighted by atomic mass is 10.4. The maximum absolute atomic E-state index is 10.9. The van der Waals surface area contributed by atoms with Crippen LogP contribution in [0.15, 0.2) is 0 Å². The number of rotatable bonds is 4. The topological polar surface area (TPSA) is 55.8 Å². The van der Waals surface area contributed by atoms with E-state index in [0.717, 1.165) is 0 Å². The number of esters is 2. The Bertz CT molecular complexity index is 211. The molecule has 0 aromatic carbocycles. The number of morpholine rings is 1. The van der Waals surface area contributed by atoms with Gasteiger partial charge in [0, 0.05) is 6.54 Å². The molecule has 0 spiro atoms. The third kappa shape index (κ3) is 3.85. The molecule has 0 radical (unpaired) electrons. The van der Waals surface area contributed by atoms with Gasteiger partial charge in [-0.1, -0.05) is 0 Å². The number of carbonyl (C=O) groups excluding carboxylic acids is 2. The number of cyclic esters (lactones) is 2. The quantitative estimate of drug-likeness (QED) is 0.465. The Kier molecular flexibility index (Phi) is 4.03. The molecule has 1 aliphatic heterocycles. The molecule has 80 valence electrons. The van der Waals surface area contributed by atoms with Crippen molar-refractivity contribution >= 4 is 11.9 Å². The standard InChI is InChI=1S/C9H15NO4/c1-7(2)13-4-3-10-5-8(11)14-9(12)6-10/h7H,3-6H2,1-2H3. The van der Waals surface area contributed by atoms with Crippen LogP contribution in [0.25, 0.3) is 0 Å². The average Bonchev–Trinajstić information content (AvgIpc) is 2.01. The van der Waals surface area contributed by atoms with Crippen molar-refractivity contribution in [3.05, 3.63) is 0 Å². The Morgan fingerprint density at radius 3 is 2.43 bits per heavy atom. The second kappa shape index (κ2) is 5.07. The molecule has 0 aromatic rings. The second-order valence-electron chi connectivity index (χ2n) is 3.48. The van der Waals surface area contributed by atoms with Crippen LogP contribution in [-0.2, 0) is 19.1 Å². The normalized spacial score (nSPS) is 18.8. The van der Waals surface area contributed by atoms with Crippen LogP contribution in [-0.4, -0.2) is 49.2 Å². The lowest BCUT2D eigenvalue weighted by molar-refractivity contribution is -0.167. The van der Waals surface area contributed by atoms with E-state index in [4.69, 9.17) is 4.74 Å². The molecule has 1 heterocycles. The highest BCUT2D eigenvalue weighted by Crippen LogP contribution is 1.99. The first-order chi connectivity index (χ1) is 6.58. The van der Waals surface area contributed by atoms with Gasteiger partial charge in [0.15, 0.2) is 0 Å². The molecule has 0 bridgehead atoms. The van der Waals surface area contributed by atoms with E-state index in [1.807, 2.05) is 13.8 Å². The zero-order valence-corrected chi connectivity index (χ0v) is 8.49. The molecular weight excluding hydrogens is 186 g/mol. The summed E-state index contributed by atoms with van der Waals surface area (Å²) in [7, 11) is 0. The van der Waals surface area contributed by atoms with Gasteiger partial charge in [-0.25, -0.2) is 0 Å². The van der Waals surface area contributed by atoms with Crippen molar-refractivity contribution < 1.29 is 19.1 Å². The van der Waals surface area contributed by atoms with Crippen molar-refractivity contribution in [1.29, 1.82) is 0 Å². The number of hydrogen-bond donors (Lipinski definition) is 0. The molecule has 1 aliphatic rings. The van der Waals surface area contributed by atoms with E-state index in [0.29, 0.717) is 13.2 Å². The highest BCUT2D eigenvalue weighted by atomic mass is 16.6. The Balaban J connectivity index is 2.23. The lowest BCUT2D eigenvalue weighted by Crippen LogP contribution is -2.44. The van der Waals surface area contributed by atoms with Crippen molar-refractivity contribution in [1.82, 2.24) is 4.90 Å². The fourth-order valence-corrected chi connectivity index (χ4v) is 1.19. The lowest BCUT2D eigenvalue weighted by Gasteiger charge is -2.24. The Morgan fingerprint density at radius 1 is 1.36 bits per heavy atom. The minimum absolute atomic E-state index is 0.169. The first-order valence-electron chi connectivity index (χ1n) is 4.65.